The second-order valence-corrected chi connectivity index (χ2v) is 5.10. The molecule has 0 spiro atoms. The Morgan fingerprint density at radius 3 is 2.80 bits per heavy atom. The molecule has 3 nitrogen and oxygen atoms in total. The number of fused-ring (bicyclic) bond motifs is 1. The number of aryl methyl sites for hydroxylation is 1. The van der Waals surface area contributed by atoms with Crippen LogP contribution in [0.3, 0.4) is 0 Å². The minimum atomic E-state index is -0.467. The molecule has 0 radical (unpaired) electrons. The molecule has 0 fully saturated rings. The van der Waals surface area contributed by atoms with Gasteiger partial charge in [-0.05, 0) is 37.1 Å². The molecule has 2 aromatic carbocycles. The molecule has 1 aliphatic heterocycles. The average molecular weight is 267 g/mol. The van der Waals surface area contributed by atoms with Crippen LogP contribution < -0.4 is 10.1 Å². The third-order valence-corrected chi connectivity index (χ3v) is 3.80. The lowest BCUT2D eigenvalue weighted by Gasteiger charge is -2.26. The fraction of sp³-hybridized carbons (Fsp3) is 0.235. The Morgan fingerprint density at radius 1 is 1.15 bits per heavy atom. The van der Waals surface area contributed by atoms with Crippen LogP contribution in [0, 0.1) is 13.8 Å². The van der Waals surface area contributed by atoms with Gasteiger partial charge in [0.2, 0.25) is 5.78 Å². The molecule has 0 amide bonds. The number of anilines is 1. The number of ketones is 1. The quantitative estimate of drug-likeness (QED) is 0.848. The van der Waals surface area contributed by atoms with E-state index in [1.165, 1.54) is 0 Å². The van der Waals surface area contributed by atoms with Crippen molar-refractivity contribution in [2.45, 2.75) is 20.0 Å². The van der Waals surface area contributed by atoms with E-state index in [2.05, 4.69) is 5.32 Å². The molecule has 1 atom stereocenters. The second kappa shape index (κ2) is 5.00. The minimum absolute atomic E-state index is 0.0354. The van der Waals surface area contributed by atoms with Gasteiger partial charge in [-0.2, -0.15) is 0 Å². The van der Waals surface area contributed by atoms with Crippen molar-refractivity contribution < 1.29 is 9.53 Å². The van der Waals surface area contributed by atoms with Crippen molar-refractivity contribution in [1.29, 1.82) is 0 Å². The summed E-state index contributed by atoms with van der Waals surface area (Å²) in [6, 6.07) is 13.5. The fourth-order valence-corrected chi connectivity index (χ4v) is 2.45. The predicted octanol–water partition coefficient (Wildman–Crippen LogP) is 3.36. The first-order valence-corrected chi connectivity index (χ1v) is 6.77. The molecular formula is C17H17NO2. The van der Waals surface area contributed by atoms with Crippen molar-refractivity contribution in [2.75, 3.05) is 11.9 Å². The number of ether oxygens (including phenoxy) is 1. The lowest BCUT2D eigenvalue weighted by molar-refractivity contribution is 0.0801. The van der Waals surface area contributed by atoms with Crippen molar-refractivity contribution in [2.24, 2.45) is 0 Å². The molecule has 1 N–H and O–H groups in total. The zero-order valence-electron chi connectivity index (χ0n) is 11.6. The fourth-order valence-electron chi connectivity index (χ4n) is 2.45. The second-order valence-electron chi connectivity index (χ2n) is 5.10. The predicted molar refractivity (Wildman–Crippen MR) is 79.6 cm³/mol. The van der Waals surface area contributed by atoms with Crippen LogP contribution in [-0.4, -0.2) is 18.4 Å². The molecule has 0 saturated carbocycles. The molecule has 1 aliphatic rings. The maximum Gasteiger partial charge on any atom is 0.205 e. The Hall–Kier alpha value is -2.29. The molecule has 1 unspecified atom stereocenters. The largest absolute Gasteiger partial charge is 0.478 e. The van der Waals surface area contributed by atoms with Gasteiger partial charge in [0.25, 0.3) is 0 Å². The van der Waals surface area contributed by atoms with Crippen LogP contribution in [0.1, 0.15) is 21.5 Å². The highest BCUT2D eigenvalue weighted by Gasteiger charge is 2.27. The number of para-hydroxylation sites is 2. The maximum atomic E-state index is 12.6. The highest BCUT2D eigenvalue weighted by Crippen LogP contribution is 2.29. The highest BCUT2D eigenvalue weighted by molar-refractivity contribution is 6.01. The molecule has 2 aromatic rings. The topological polar surface area (TPSA) is 38.3 Å². The van der Waals surface area contributed by atoms with E-state index < -0.39 is 6.10 Å². The summed E-state index contributed by atoms with van der Waals surface area (Å²) in [5.74, 6) is 0.774. The van der Waals surface area contributed by atoms with Crippen molar-refractivity contribution in [1.82, 2.24) is 0 Å². The van der Waals surface area contributed by atoms with Crippen molar-refractivity contribution in [3.05, 3.63) is 59.2 Å². The lowest BCUT2D eigenvalue weighted by Crippen LogP contribution is -2.38. The van der Waals surface area contributed by atoms with Crippen LogP contribution in [-0.2, 0) is 0 Å². The summed E-state index contributed by atoms with van der Waals surface area (Å²) in [4.78, 5) is 12.6. The average Bonchev–Trinajstić information content (AvgIpc) is 2.49. The molecular weight excluding hydrogens is 250 g/mol. The number of hydrogen-bond acceptors (Lipinski definition) is 3. The molecule has 20 heavy (non-hydrogen) atoms. The van der Waals surface area contributed by atoms with Gasteiger partial charge >= 0.3 is 0 Å². The van der Waals surface area contributed by atoms with E-state index >= 15 is 0 Å². The van der Waals surface area contributed by atoms with Crippen LogP contribution in [0.15, 0.2) is 42.5 Å². The van der Waals surface area contributed by atoms with E-state index in [1.54, 1.807) is 0 Å². The molecule has 0 aliphatic carbocycles. The van der Waals surface area contributed by atoms with Gasteiger partial charge in [-0.3, -0.25) is 4.79 Å². The first-order chi connectivity index (χ1) is 9.66. The SMILES string of the molecule is Cc1cccc(C(=O)C2CNc3ccccc3O2)c1C. The van der Waals surface area contributed by atoms with E-state index in [4.69, 9.17) is 4.74 Å². The Morgan fingerprint density at radius 2 is 1.95 bits per heavy atom. The normalized spacial score (nSPS) is 16.8. The van der Waals surface area contributed by atoms with Gasteiger partial charge in [-0.1, -0.05) is 30.3 Å². The molecule has 0 bridgehead atoms. The summed E-state index contributed by atoms with van der Waals surface area (Å²) in [6.07, 6.45) is -0.467. The molecule has 3 heteroatoms. The number of benzene rings is 2. The molecule has 1 heterocycles. The Labute approximate surface area is 118 Å². The standard InChI is InChI=1S/C17H17NO2/c1-11-6-5-7-13(12(11)2)17(19)16-10-18-14-8-3-4-9-15(14)20-16/h3-9,16,18H,10H2,1-2H3. The third kappa shape index (κ3) is 2.16. The smallest absolute Gasteiger partial charge is 0.205 e. The van der Waals surface area contributed by atoms with E-state index in [-0.39, 0.29) is 5.78 Å². The van der Waals surface area contributed by atoms with Gasteiger partial charge in [0, 0.05) is 5.56 Å². The van der Waals surface area contributed by atoms with Crippen molar-refractivity contribution in [3.8, 4) is 5.75 Å². The maximum absolute atomic E-state index is 12.6. The van der Waals surface area contributed by atoms with Crippen LogP contribution in [0.25, 0.3) is 0 Å². The summed E-state index contributed by atoms with van der Waals surface area (Å²) in [7, 11) is 0. The molecule has 0 saturated heterocycles. The Bertz CT molecular complexity index is 664. The van der Waals surface area contributed by atoms with E-state index in [0.29, 0.717) is 6.54 Å². The monoisotopic (exact) mass is 267 g/mol. The Balaban J connectivity index is 1.88. The minimum Gasteiger partial charge on any atom is -0.478 e. The summed E-state index contributed by atoms with van der Waals surface area (Å²) in [5.41, 5.74) is 3.84. The van der Waals surface area contributed by atoms with Gasteiger partial charge in [-0.25, -0.2) is 0 Å². The zero-order valence-corrected chi connectivity index (χ0v) is 11.6. The first-order valence-electron chi connectivity index (χ1n) is 6.77. The van der Waals surface area contributed by atoms with Crippen LogP contribution in [0.4, 0.5) is 5.69 Å². The van der Waals surface area contributed by atoms with Crippen LogP contribution >= 0.6 is 0 Å². The molecule has 3 rings (SSSR count). The third-order valence-electron chi connectivity index (χ3n) is 3.80. The van der Waals surface area contributed by atoms with Gasteiger partial charge in [-0.15, -0.1) is 0 Å². The van der Waals surface area contributed by atoms with Crippen molar-refractivity contribution >= 4 is 11.5 Å². The number of carbonyl (C=O) groups excluding carboxylic acids is 1. The summed E-state index contributed by atoms with van der Waals surface area (Å²) >= 11 is 0. The zero-order chi connectivity index (χ0) is 14.1. The van der Waals surface area contributed by atoms with Crippen LogP contribution in [0.2, 0.25) is 0 Å². The van der Waals surface area contributed by atoms with Gasteiger partial charge in [0.1, 0.15) is 5.75 Å². The van der Waals surface area contributed by atoms with E-state index in [1.807, 2.05) is 56.3 Å². The number of Topliss-reactive ketones (excluding diaryl/α,β-unsaturated/α-hetero) is 1. The summed E-state index contributed by atoms with van der Waals surface area (Å²) in [6.45, 7) is 4.50. The van der Waals surface area contributed by atoms with E-state index in [9.17, 15) is 4.79 Å². The number of rotatable bonds is 2. The van der Waals surface area contributed by atoms with Crippen LogP contribution in [0.5, 0.6) is 5.75 Å². The number of hydrogen-bond donors (Lipinski definition) is 1. The van der Waals surface area contributed by atoms with Gasteiger partial charge < -0.3 is 10.1 Å². The van der Waals surface area contributed by atoms with Crippen molar-refractivity contribution in [3.63, 3.8) is 0 Å². The Kier molecular flexibility index (Phi) is 3.18. The summed E-state index contributed by atoms with van der Waals surface area (Å²) < 4.78 is 5.83. The number of carbonyl (C=O) groups is 1. The molecule has 0 aromatic heterocycles. The lowest BCUT2D eigenvalue weighted by atomic mass is 9.97. The van der Waals surface area contributed by atoms with Gasteiger partial charge in [0.15, 0.2) is 6.10 Å². The van der Waals surface area contributed by atoms with Gasteiger partial charge in [0.05, 0.1) is 12.2 Å². The number of nitrogens with one attached hydrogen (secondary N) is 1. The summed E-state index contributed by atoms with van der Waals surface area (Å²) in [5, 5.41) is 3.25. The molecule has 102 valence electrons. The highest BCUT2D eigenvalue weighted by atomic mass is 16.5. The first kappa shape index (κ1) is 12.7. The van der Waals surface area contributed by atoms with E-state index in [0.717, 1.165) is 28.1 Å².